The number of hydrogen-bond acceptors (Lipinski definition) is 2. The van der Waals surface area contributed by atoms with Crippen molar-refractivity contribution in [3.05, 3.63) is 47.3 Å². The van der Waals surface area contributed by atoms with Crippen LogP contribution < -0.4 is 5.32 Å². The van der Waals surface area contributed by atoms with Gasteiger partial charge in [-0.15, -0.1) is 0 Å². The minimum absolute atomic E-state index is 0.0823. The van der Waals surface area contributed by atoms with Gasteiger partial charge in [0.25, 0.3) is 5.91 Å². The lowest BCUT2D eigenvalue weighted by Gasteiger charge is -2.05. The van der Waals surface area contributed by atoms with Crippen LogP contribution in [0.4, 0.5) is 5.69 Å². The number of hydrogen-bond donors (Lipinski definition) is 2. The Balaban J connectivity index is 1.82. The van der Waals surface area contributed by atoms with E-state index in [9.17, 15) is 4.79 Å². The summed E-state index contributed by atoms with van der Waals surface area (Å²) in [6, 6.07) is 5.95. The summed E-state index contributed by atoms with van der Waals surface area (Å²) in [5.74, 6) is -0.0823. The van der Waals surface area contributed by atoms with E-state index in [0.29, 0.717) is 11.3 Å². The van der Waals surface area contributed by atoms with Gasteiger partial charge in [-0.1, -0.05) is 6.07 Å². The van der Waals surface area contributed by atoms with E-state index in [1.165, 1.54) is 17.5 Å². The smallest absolute Gasteiger partial charge is 0.255 e. The van der Waals surface area contributed by atoms with Crippen molar-refractivity contribution in [1.82, 2.24) is 10.2 Å². The zero-order valence-corrected chi connectivity index (χ0v) is 9.36. The van der Waals surface area contributed by atoms with Crippen molar-refractivity contribution in [2.24, 2.45) is 0 Å². The van der Waals surface area contributed by atoms with Crippen LogP contribution in [0.3, 0.4) is 0 Å². The Bertz CT molecular complexity index is 546. The topological polar surface area (TPSA) is 57.8 Å². The first-order valence-corrected chi connectivity index (χ1v) is 5.75. The summed E-state index contributed by atoms with van der Waals surface area (Å²) in [7, 11) is 0. The molecule has 0 bridgehead atoms. The van der Waals surface area contributed by atoms with Crippen molar-refractivity contribution >= 4 is 11.6 Å². The SMILES string of the molecule is O=C(Nc1cn[nH]c1)c1ccc2c(c1)CCC2. The summed E-state index contributed by atoms with van der Waals surface area (Å²) in [6.07, 6.45) is 6.67. The van der Waals surface area contributed by atoms with E-state index in [1.54, 1.807) is 12.4 Å². The molecule has 17 heavy (non-hydrogen) atoms. The predicted molar refractivity (Wildman–Crippen MR) is 65.0 cm³/mol. The molecule has 0 spiro atoms. The van der Waals surface area contributed by atoms with Crippen LogP contribution in [0.15, 0.2) is 30.6 Å². The van der Waals surface area contributed by atoms with Crippen molar-refractivity contribution < 1.29 is 4.79 Å². The number of aryl methyl sites for hydroxylation is 2. The van der Waals surface area contributed by atoms with Crippen molar-refractivity contribution in [1.29, 1.82) is 0 Å². The van der Waals surface area contributed by atoms with Crippen LogP contribution in [0.5, 0.6) is 0 Å². The maximum Gasteiger partial charge on any atom is 0.255 e. The summed E-state index contributed by atoms with van der Waals surface area (Å²) >= 11 is 0. The predicted octanol–water partition coefficient (Wildman–Crippen LogP) is 2.15. The third kappa shape index (κ3) is 1.93. The average Bonchev–Trinajstić information content (AvgIpc) is 2.97. The number of aromatic nitrogens is 2. The van der Waals surface area contributed by atoms with Crippen molar-refractivity contribution in [2.75, 3.05) is 5.32 Å². The largest absolute Gasteiger partial charge is 0.319 e. The molecule has 0 aliphatic heterocycles. The van der Waals surface area contributed by atoms with E-state index in [-0.39, 0.29) is 5.91 Å². The highest BCUT2D eigenvalue weighted by atomic mass is 16.1. The first-order valence-electron chi connectivity index (χ1n) is 5.75. The molecule has 3 rings (SSSR count). The fraction of sp³-hybridized carbons (Fsp3) is 0.231. The van der Waals surface area contributed by atoms with Crippen LogP contribution in [0.2, 0.25) is 0 Å². The Kier molecular flexibility index (Phi) is 2.40. The van der Waals surface area contributed by atoms with Crippen LogP contribution >= 0.6 is 0 Å². The highest BCUT2D eigenvalue weighted by Crippen LogP contribution is 2.23. The quantitative estimate of drug-likeness (QED) is 0.825. The molecule has 0 saturated carbocycles. The van der Waals surface area contributed by atoms with Crippen molar-refractivity contribution in [3.63, 3.8) is 0 Å². The number of carbonyl (C=O) groups excluding carboxylic acids is 1. The third-order valence-electron chi connectivity index (χ3n) is 3.12. The molecule has 0 fully saturated rings. The Morgan fingerprint density at radius 3 is 3.00 bits per heavy atom. The molecule has 4 nitrogen and oxygen atoms in total. The monoisotopic (exact) mass is 227 g/mol. The minimum Gasteiger partial charge on any atom is -0.319 e. The number of aromatic amines is 1. The van der Waals surface area contributed by atoms with Crippen LogP contribution in [0.25, 0.3) is 0 Å². The maximum atomic E-state index is 12.0. The standard InChI is InChI=1S/C13H13N3O/c17-13(16-12-7-14-15-8-12)11-5-4-9-2-1-3-10(9)6-11/h4-8H,1-3H2,(H,14,15)(H,16,17). The summed E-state index contributed by atoms with van der Waals surface area (Å²) in [5, 5.41) is 9.25. The van der Waals surface area contributed by atoms with Gasteiger partial charge in [0.05, 0.1) is 11.9 Å². The number of benzene rings is 1. The molecular formula is C13H13N3O. The lowest BCUT2D eigenvalue weighted by Crippen LogP contribution is -2.11. The van der Waals surface area contributed by atoms with Gasteiger partial charge in [0.2, 0.25) is 0 Å². The number of nitrogens with zero attached hydrogens (tertiary/aromatic N) is 1. The first-order chi connectivity index (χ1) is 8.33. The normalized spacial score (nSPS) is 13.4. The van der Waals surface area contributed by atoms with E-state index in [4.69, 9.17) is 0 Å². The van der Waals surface area contributed by atoms with Crippen molar-refractivity contribution in [3.8, 4) is 0 Å². The van der Waals surface area contributed by atoms with E-state index in [2.05, 4.69) is 21.6 Å². The summed E-state index contributed by atoms with van der Waals surface area (Å²) in [6.45, 7) is 0. The molecule has 0 saturated heterocycles. The third-order valence-corrected chi connectivity index (χ3v) is 3.12. The van der Waals surface area contributed by atoms with Crippen LogP contribution in [-0.2, 0) is 12.8 Å². The van der Waals surface area contributed by atoms with Gasteiger partial charge in [-0.3, -0.25) is 9.89 Å². The molecule has 0 atom stereocenters. The summed E-state index contributed by atoms with van der Waals surface area (Å²) < 4.78 is 0. The Hall–Kier alpha value is -2.10. The number of nitrogens with one attached hydrogen (secondary N) is 2. The lowest BCUT2D eigenvalue weighted by atomic mass is 10.1. The Labute approximate surface area is 99.1 Å². The van der Waals surface area contributed by atoms with Crippen LogP contribution in [0.1, 0.15) is 27.9 Å². The molecule has 1 aliphatic rings. The van der Waals surface area contributed by atoms with Gasteiger partial charge in [0, 0.05) is 11.8 Å². The fourth-order valence-corrected chi connectivity index (χ4v) is 2.24. The summed E-state index contributed by atoms with van der Waals surface area (Å²) in [4.78, 5) is 12.0. The Morgan fingerprint density at radius 2 is 2.18 bits per heavy atom. The van der Waals surface area contributed by atoms with Crippen molar-refractivity contribution in [2.45, 2.75) is 19.3 Å². The van der Waals surface area contributed by atoms with Crippen LogP contribution in [0, 0.1) is 0 Å². The number of H-pyrrole nitrogens is 1. The molecule has 1 aliphatic carbocycles. The second-order valence-corrected chi connectivity index (χ2v) is 4.28. The van der Waals surface area contributed by atoms with Gasteiger partial charge in [0.1, 0.15) is 0 Å². The number of anilines is 1. The molecule has 1 amide bonds. The molecule has 1 aromatic carbocycles. The first kappa shape index (κ1) is 10.1. The highest BCUT2D eigenvalue weighted by Gasteiger charge is 2.14. The van der Waals surface area contributed by atoms with Gasteiger partial charge >= 0.3 is 0 Å². The van der Waals surface area contributed by atoms with Crippen LogP contribution in [-0.4, -0.2) is 16.1 Å². The molecule has 86 valence electrons. The van der Waals surface area contributed by atoms with E-state index in [1.807, 2.05) is 12.1 Å². The van der Waals surface area contributed by atoms with Gasteiger partial charge in [0.15, 0.2) is 0 Å². The van der Waals surface area contributed by atoms with Gasteiger partial charge < -0.3 is 5.32 Å². The average molecular weight is 227 g/mol. The maximum absolute atomic E-state index is 12.0. The fourth-order valence-electron chi connectivity index (χ4n) is 2.24. The molecular weight excluding hydrogens is 214 g/mol. The number of fused-ring (bicyclic) bond motifs is 1. The lowest BCUT2D eigenvalue weighted by molar-refractivity contribution is 0.102. The number of amides is 1. The van der Waals surface area contributed by atoms with Gasteiger partial charge in [-0.25, -0.2) is 0 Å². The zero-order chi connectivity index (χ0) is 11.7. The van der Waals surface area contributed by atoms with E-state index in [0.717, 1.165) is 12.8 Å². The van der Waals surface area contributed by atoms with E-state index >= 15 is 0 Å². The molecule has 1 aromatic heterocycles. The molecule has 2 N–H and O–H groups in total. The van der Waals surface area contributed by atoms with Gasteiger partial charge in [-0.2, -0.15) is 5.10 Å². The highest BCUT2D eigenvalue weighted by molar-refractivity contribution is 6.04. The Morgan fingerprint density at radius 1 is 1.29 bits per heavy atom. The molecule has 1 heterocycles. The second kappa shape index (κ2) is 4.05. The number of rotatable bonds is 2. The van der Waals surface area contributed by atoms with Gasteiger partial charge in [-0.05, 0) is 42.5 Å². The van der Waals surface area contributed by atoms with E-state index < -0.39 is 0 Å². The summed E-state index contributed by atoms with van der Waals surface area (Å²) in [5.41, 5.74) is 4.09. The molecule has 0 radical (unpaired) electrons. The molecule has 2 aromatic rings. The molecule has 0 unspecified atom stereocenters. The minimum atomic E-state index is -0.0823. The second-order valence-electron chi connectivity index (χ2n) is 4.28. The number of carbonyl (C=O) groups is 1. The molecule has 4 heteroatoms. The zero-order valence-electron chi connectivity index (χ0n) is 9.36.